The van der Waals surface area contributed by atoms with Crippen LogP contribution < -0.4 is 11.2 Å². The van der Waals surface area contributed by atoms with Crippen molar-refractivity contribution in [2.24, 2.45) is 0 Å². The van der Waals surface area contributed by atoms with E-state index in [1.54, 1.807) is 27.4 Å². The molecule has 1 N–H and O–H groups in total. The fourth-order valence-corrected chi connectivity index (χ4v) is 3.49. The normalized spacial score (nSPS) is 11.4. The van der Waals surface area contributed by atoms with Gasteiger partial charge in [-0.3, -0.25) is 14.3 Å². The minimum absolute atomic E-state index is 0.176. The molecule has 0 unspecified atom stereocenters. The second-order valence-corrected chi connectivity index (χ2v) is 6.63. The lowest BCUT2D eigenvalue weighted by molar-refractivity contribution is 0.627. The highest BCUT2D eigenvalue weighted by atomic mass is 19.1. The highest BCUT2D eigenvalue weighted by molar-refractivity contribution is 5.88. The third kappa shape index (κ3) is 2.65. The number of pyridine rings is 1. The van der Waals surface area contributed by atoms with Crippen molar-refractivity contribution in [1.82, 2.24) is 24.3 Å². The third-order valence-electron chi connectivity index (χ3n) is 4.79. The first-order valence-corrected chi connectivity index (χ1v) is 8.90. The number of aryl methyl sites for hydroxylation is 1. The number of fused-ring (bicyclic) bond motifs is 2. The summed E-state index contributed by atoms with van der Waals surface area (Å²) in [4.78, 5) is 30.7. The van der Waals surface area contributed by atoms with Crippen LogP contribution in [0.3, 0.4) is 0 Å². The highest BCUT2D eigenvalue weighted by Crippen LogP contribution is 2.31. The van der Waals surface area contributed by atoms with Gasteiger partial charge >= 0.3 is 5.69 Å². The maximum absolute atomic E-state index is 13.6. The number of hydrogen-bond acceptors (Lipinski definition) is 4. The van der Waals surface area contributed by atoms with Crippen LogP contribution in [0.2, 0.25) is 0 Å². The average Bonchev–Trinajstić information content (AvgIpc) is 3.04. The van der Waals surface area contributed by atoms with Crippen LogP contribution in [-0.2, 0) is 0 Å². The third-order valence-corrected chi connectivity index (χ3v) is 4.79. The Balaban J connectivity index is 2.03. The predicted molar refractivity (Wildman–Crippen MR) is 106 cm³/mol. The van der Waals surface area contributed by atoms with Crippen LogP contribution in [0.1, 0.15) is 5.69 Å². The van der Waals surface area contributed by atoms with Gasteiger partial charge < -0.3 is 0 Å². The summed E-state index contributed by atoms with van der Waals surface area (Å²) in [6, 6.07) is 16.9. The Morgan fingerprint density at radius 2 is 1.69 bits per heavy atom. The van der Waals surface area contributed by atoms with Crippen LogP contribution in [0, 0.1) is 12.7 Å². The smallest absolute Gasteiger partial charge is 0.278 e. The molecule has 0 spiro atoms. The quantitative estimate of drug-likeness (QED) is 0.505. The Morgan fingerprint density at radius 3 is 2.41 bits per heavy atom. The number of benzene rings is 2. The van der Waals surface area contributed by atoms with Gasteiger partial charge in [0.2, 0.25) is 0 Å². The molecule has 5 rings (SSSR count). The maximum atomic E-state index is 13.6. The van der Waals surface area contributed by atoms with E-state index in [1.165, 1.54) is 12.1 Å². The fraction of sp³-hybridized carbons (Fsp3) is 0.0476. The molecule has 142 valence electrons. The molecule has 0 saturated carbocycles. The van der Waals surface area contributed by atoms with E-state index in [9.17, 15) is 14.0 Å². The van der Waals surface area contributed by atoms with Gasteiger partial charge in [0, 0.05) is 11.1 Å². The Labute approximate surface area is 163 Å². The van der Waals surface area contributed by atoms with Crippen molar-refractivity contribution in [1.29, 1.82) is 0 Å². The van der Waals surface area contributed by atoms with Gasteiger partial charge in [0.1, 0.15) is 11.5 Å². The highest BCUT2D eigenvalue weighted by Gasteiger charge is 2.23. The number of para-hydroxylation sites is 1. The van der Waals surface area contributed by atoms with E-state index >= 15 is 0 Å². The molecule has 29 heavy (non-hydrogen) atoms. The maximum Gasteiger partial charge on any atom is 0.349 e. The molecule has 0 aliphatic carbocycles. The molecule has 2 aliphatic heterocycles. The molecule has 8 heteroatoms. The summed E-state index contributed by atoms with van der Waals surface area (Å²) in [6.07, 6.45) is 0. The van der Waals surface area contributed by atoms with E-state index in [2.05, 4.69) is 15.1 Å². The number of aromatic amines is 1. The fourth-order valence-electron chi connectivity index (χ4n) is 3.49. The second kappa shape index (κ2) is 6.23. The molecular formula is C21H14FN5O2. The summed E-state index contributed by atoms with van der Waals surface area (Å²) < 4.78 is 16.9. The number of halogens is 1. The van der Waals surface area contributed by atoms with Crippen molar-refractivity contribution in [3.63, 3.8) is 0 Å². The SMILES string of the molecule is Cc1nn(-c2ccccc2)c2c1cc1c(=O)[nH]c(=O)nc-1n2-c1ccc(F)cc1. The van der Waals surface area contributed by atoms with Gasteiger partial charge in [0.05, 0.1) is 16.9 Å². The van der Waals surface area contributed by atoms with E-state index in [0.29, 0.717) is 17.0 Å². The van der Waals surface area contributed by atoms with Gasteiger partial charge in [-0.15, -0.1) is 0 Å². The Bertz CT molecular complexity index is 1450. The largest absolute Gasteiger partial charge is 0.349 e. The van der Waals surface area contributed by atoms with Gasteiger partial charge in [0.15, 0.2) is 5.82 Å². The van der Waals surface area contributed by atoms with Crippen LogP contribution in [0.25, 0.3) is 33.8 Å². The summed E-state index contributed by atoms with van der Waals surface area (Å²) >= 11 is 0. The minimum Gasteiger partial charge on any atom is -0.278 e. The topological polar surface area (TPSA) is 85.6 Å². The Kier molecular flexibility index (Phi) is 3.67. The molecule has 0 fully saturated rings. The summed E-state index contributed by atoms with van der Waals surface area (Å²) in [6.45, 7) is 1.84. The van der Waals surface area contributed by atoms with Crippen molar-refractivity contribution in [2.75, 3.05) is 0 Å². The molecule has 0 radical (unpaired) electrons. The predicted octanol–water partition coefficient (Wildman–Crippen LogP) is 2.81. The minimum atomic E-state index is -0.750. The summed E-state index contributed by atoms with van der Waals surface area (Å²) in [7, 11) is 0. The van der Waals surface area contributed by atoms with Gasteiger partial charge in [-0.1, -0.05) is 18.2 Å². The van der Waals surface area contributed by atoms with Crippen LogP contribution in [0.4, 0.5) is 4.39 Å². The molecular weight excluding hydrogens is 373 g/mol. The zero-order chi connectivity index (χ0) is 20.1. The molecule has 0 amide bonds. The van der Waals surface area contributed by atoms with E-state index in [4.69, 9.17) is 0 Å². The lowest BCUT2D eigenvalue weighted by Crippen LogP contribution is -2.27. The number of nitrogens with zero attached hydrogens (tertiary/aromatic N) is 4. The molecule has 0 saturated heterocycles. The molecule has 0 atom stereocenters. The summed E-state index contributed by atoms with van der Waals surface area (Å²) in [5.74, 6) is -0.219. The molecule has 0 bridgehead atoms. The first-order valence-electron chi connectivity index (χ1n) is 8.90. The Morgan fingerprint density at radius 1 is 0.966 bits per heavy atom. The summed E-state index contributed by atoms with van der Waals surface area (Å²) in [5, 5.41) is 5.36. The van der Waals surface area contributed by atoms with Gasteiger partial charge in [-0.05, 0) is 49.4 Å². The lowest BCUT2D eigenvalue weighted by Gasteiger charge is -2.17. The first kappa shape index (κ1) is 17.1. The summed E-state index contributed by atoms with van der Waals surface area (Å²) in [5.41, 5.74) is 1.63. The van der Waals surface area contributed by atoms with Crippen LogP contribution in [0.15, 0.2) is 70.3 Å². The molecule has 7 nitrogen and oxygen atoms in total. The van der Waals surface area contributed by atoms with Gasteiger partial charge in [-0.2, -0.15) is 10.1 Å². The zero-order valence-corrected chi connectivity index (χ0v) is 15.3. The standard InChI is InChI=1S/C21H14FN5O2/c1-12-16-11-17-18(23-21(29)24-19(17)28)26(14-9-7-13(22)8-10-14)20(16)27(25-12)15-5-3-2-4-6-15/h2-11H,1H3,(H,24,28,29). The van der Waals surface area contributed by atoms with Crippen molar-refractivity contribution in [3.8, 4) is 22.8 Å². The number of hydrogen-bond donors (Lipinski definition) is 1. The van der Waals surface area contributed by atoms with E-state index < -0.39 is 17.1 Å². The molecule has 3 aromatic rings. The van der Waals surface area contributed by atoms with Gasteiger partial charge in [-0.25, -0.2) is 13.9 Å². The van der Waals surface area contributed by atoms with Crippen LogP contribution in [-0.4, -0.2) is 24.3 Å². The molecule has 2 aromatic carbocycles. The number of rotatable bonds is 2. The van der Waals surface area contributed by atoms with Crippen LogP contribution >= 0.6 is 0 Å². The second-order valence-electron chi connectivity index (χ2n) is 6.63. The first-order chi connectivity index (χ1) is 14.0. The number of nitrogens with one attached hydrogen (secondary N) is 1. The number of aromatic nitrogens is 5. The van der Waals surface area contributed by atoms with Crippen molar-refractivity contribution >= 4 is 11.0 Å². The molecule has 1 aromatic heterocycles. The van der Waals surface area contributed by atoms with Gasteiger partial charge in [0.25, 0.3) is 5.56 Å². The van der Waals surface area contributed by atoms with E-state index in [-0.39, 0.29) is 11.4 Å². The monoisotopic (exact) mass is 387 g/mol. The zero-order valence-electron chi connectivity index (χ0n) is 15.3. The van der Waals surface area contributed by atoms with E-state index in [1.807, 2.05) is 37.3 Å². The van der Waals surface area contributed by atoms with Crippen molar-refractivity contribution < 1.29 is 4.39 Å². The molecule has 3 heterocycles. The lowest BCUT2D eigenvalue weighted by atomic mass is 10.1. The van der Waals surface area contributed by atoms with Crippen molar-refractivity contribution in [3.05, 3.63) is 93.0 Å². The van der Waals surface area contributed by atoms with E-state index in [0.717, 1.165) is 11.1 Å². The number of H-pyrrole nitrogens is 1. The molecule has 2 aliphatic rings. The Hall–Kier alpha value is -4.07. The van der Waals surface area contributed by atoms with Crippen molar-refractivity contribution in [2.45, 2.75) is 6.92 Å². The van der Waals surface area contributed by atoms with Crippen LogP contribution in [0.5, 0.6) is 0 Å². The average molecular weight is 387 g/mol.